The van der Waals surface area contributed by atoms with Crippen LogP contribution in [0.15, 0.2) is 47.8 Å². The molecule has 6 heteroatoms. The molecule has 3 nitrogen and oxygen atoms in total. The smallest absolute Gasteiger partial charge is 0.228 e. The predicted molar refractivity (Wildman–Crippen MR) is 98.8 cm³/mol. The molecule has 0 spiro atoms. The van der Waals surface area contributed by atoms with Crippen LogP contribution in [-0.4, -0.2) is 22.8 Å². The van der Waals surface area contributed by atoms with Crippen LogP contribution in [0.25, 0.3) is 10.6 Å². The maximum Gasteiger partial charge on any atom is 0.228 e. The molecule has 0 bridgehead atoms. The van der Waals surface area contributed by atoms with Crippen molar-refractivity contribution in [1.82, 2.24) is 9.88 Å². The molecule has 0 fully saturated rings. The van der Waals surface area contributed by atoms with Crippen molar-refractivity contribution in [3.05, 3.63) is 76.3 Å². The molecule has 0 saturated heterocycles. The van der Waals surface area contributed by atoms with Crippen LogP contribution in [0.5, 0.6) is 0 Å². The molecule has 0 saturated carbocycles. The van der Waals surface area contributed by atoms with Crippen molar-refractivity contribution in [3.63, 3.8) is 0 Å². The van der Waals surface area contributed by atoms with Crippen molar-refractivity contribution in [2.75, 3.05) is 7.05 Å². The van der Waals surface area contributed by atoms with E-state index in [1.54, 1.807) is 7.05 Å². The minimum atomic E-state index is -0.653. The lowest BCUT2D eigenvalue weighted by atomic mass is 10.1. The number of hydrogen-bond acceptors (Lipinski definition) is 3. The molecule has 3 aromatic rings. The van der Waals surface area contributed by atoms with E-state index in [-0.39, 0.29) is 24.4 Å². The predicted octanol–water partition coefficient (Wildman–Crippen LogP) is 4.60. The molecule has 2 aromatic carbocycles. The third kappa shape index (κ3) is 4.32. The highest BCUT2D eigenvalue weighted by Crippen LogP contribution is 2.24. The number of aromatic nitrogens is 1. The zero-order valence-corrected chi connectivity index (χ0v) is 15.3. The lowest BCUT2D eigenvalue weighted by Gasteiger charge is -2.17. The largest absolute Gasteiger partial charge is 0.341 e. The summed E-state index contributed by atoms with van der Waals surface area (Å²) in [4.78, 5) is 18.3. The average molecular weight is 372 g/mol. The maximum atomic E-state index is 13.7. The van der Waals surface area contributed by atoms with Crippen LogP contribution in [0.3, 0.4) is 0 Å². The Kier molecular flexibility index (Phi) is 5.42. The summed E-state index contributed by atoms with van der Waals surface area (Å²) in [6.07, 6.45) is 0.141. The van der Waals surface area contributed by atoms with E-state index in [4.69, 9.17) is 0 Å². The number of likely N-dealkylation sites (N-methyl/N-ethyl adjacent to an activating group) is 1. The first-order valence-electron chi connectivity index (χ1n) is 8.11. The van der Waals surface area contributed by atoms with E-state index in [0.717, 1.165) is 16.6 Å². The Labute approximate surface area is 154 Å². The monoisotopic (exact) mass is 372 g/mol. The van der Waals surface area contributed by atoms with Crippen LogP contribution in [-0.2, 0) is 17.8 Å². The van der Waals surface area contributed by atoms with Crippen molar-refractivity contribution >= 4 is 17.2 Å². The van der Waals surface area contributed by atoms with E-state index in [9.17, 15) is 13.6 Å². The summed E-state index contributed by atoms with van der Waals surface area (Å²) in [6, 6.07) is 11.4. The van der Waals surface area contributed by atoms with Gasteiger partial charge in [-0.3, -0.25) is 4.79 Å². The Morgan fingerprint density at radius 3 is 2.58 bits per heavy atom. The third-order valence-electron chi connectivity index (χ3n) is 4.03. The minimum absolute atomic E-state index is 0.0832. The van der Waals surface area contributed by atoms with Gasteiger partial charge < -0.3 is 4.90 Å². The van der Waals surface area contributed by atoms with Crippen LogP contribution < -0.4 is 0 Å². The lowest BCUT2D eigenvalue weighted by molar-refractivity contribution is -0.129. The van der Waals surface area contributed by atoms with E-state index in [1.807, 2.05) is 36.6 Å². The van der Waals surface area contributed by atoms with Crippen molar-refractivity contribution in [3.8, 4) is 10.6 Å². The second-order valence-corrected chi connectivity index (χ2v) is 7.03. The fourth-order valence-electron chi connectivity index (χ4n) is 2.50. The number of hydrogen-bond donors (Lipinski definition) is 0. The zero-order chi connectivity index (χ0) is 18.7. The quantitative estimate of drug-likeness (QED) is 0.656. The van der Waals surface area contributed by atoms with Gasteiger partial charge in [-0.25, -0.2) is 13.8 Å². The molecule has 0 N–H and O–H groups in total. The second-order valence-electron chi connectivity index (χ2n) is 6.17. The number of amides is 1. The Balaban J connectivity index is 1.65. The number of halogens is 2. The molecular formula is C20H18F2N2OS. The summed E-state index contributed by atoms with van der Waals surface area (Å²) in [5.74, 6) is -1.46. The van der Waals surface area contributed by atoms with E-state index in [2.05, 4.69) is 4.98 Å². The Bertz CT molecular complexity index is 922. The van der Waals surface area contributed by atoms with Gasteiger partial charge in [0.05, 0.1) is 12.1 Å². The van der Waals surface area contributed by atoms with Gasteiger partial charge in [-0.05, 0) is 13.0 Å². The SMILES string of the molecule is Cc1ccc(-c2nc(CC(=O)N(C)Cc3ccc(F)cc3F)cs2)cc1. The van der Waals surface area contributed by atoms with Crippen molar-refractivity contribution < 1.29 is 13.6 Å². The second kappa shape index (κ2) is 7.74. The van der Waals surface area contributed by atoms with Crippen LogP contribution in [0.2, 0.25) is 0 Å². The first-order chi connectivity index (χ1) is 12.4. The van der Waals surface area contributed by atoms with Gasteiger partial charge in [0.15, 0.2) is 0 Å². The van der Waals surface area contributed by atoms with Gasteiger partial charge in [-0.1, -0.05) is 35.9 Å². The molecule has 134 valence electrons. The number of nitrogens with zero attached hydrogens (tertiary/aromatic N) is 2. The van der Waals surface area contributed by atoms with E-state index in [1.165, 1.54) is 33.9 Å². The molecular weight excluding hydrogens is 354 g/mol. The normalized spacial score (nSPS) is 10.8. The molecule has 26 heavy (non-hydrogen) atoms. The molecule has 1 amide bonds. The first-order valence-corrected chi connectivity index (χ1v) is 8.99. The summed E-state index contributed by atoms with van der Waals surface area (Å²) in [6.45, 7) is 2.11. The topological polar surface area (TPSA) is 33.2 Å². The molecule has 0 radical (unpaired) electrons. The third-order valence-corrected chi connectivity index (χ3v) is 4.97. The van der Waals surface area contributed by atoms with Crippen molar-refractivity contribution in [2.45, 2.75) is 19.9 Å². The van der Waals surface area contributed by atoms with Crippen LogP contribution in [0, 0.1) is 18.6 Å². The summed E-state index contributed by atoms with van der Waals surface area (Å²) in [5.41, 5.74) is 3.15. The number of aryl methyl sites for hydroxylation is 1. The summed E-state index contributed by atoms with van der Waals surface area (Å²) < 4.78 is 26.7. The fourth-order valence-corrected chi connectivity index (χ4v) is 3.33. The number of carbonyl (C=O) groups is 1. The molecule has 0 atom stereocenters. The van der Waals surface area contributed by atoms with E-state index >= 15 is 0 Å². The van der Waals surface area contributed by atoms with Gasteiger partial charge in [0.25, 0.3) is 0 Å². The average Bonchev–Trinajstić information content (AvgIpc) is 3.06. The number of thiazole rings is 1. The zero-order valence-electron chi connectivity index (χ0n) is 14.5. The summed E-state index contributed by atoms with van der Waals surface area (Å²) >= 11 is 1.49. The van der Waals surface area contributed by atoms with E-state index < -0.39 is 11.6 Å². The molecule has 1 aromatic heterocycles. The Morgan fingerprint density at radius 1 is 1.15 bits per heavy atom. The maximum absolute atomic E-state index is 13.7. The highest BCUT2D eigenvalue weighted by atomic mass is 32.1. The van der Waals surface area contributed by atoms with Crippen molar-refractivity contribution in [2.24, 2.45) is 0 Å². The molecule has 0 aliphatic rings. The Hall–Kier alpha value is -2.60. The van der Waals surface area contributed by atoms with Gasteiger partial charge in [0.1, 0.15) is 16.6 Å². The molecule has 0 unspecified atom stereocenters. The van der Waals surface area contributed by atoms with Crippen molar-refractivity contribution in [1.29, 1.82) is 0 Å². The molecule has 0 aliphatic heterocycles. The van der Waals surface area contributed by atoms with Crippen LogP contribution >= 0.6 is 11.3 Å². The van der Waals surface area contributed by atoms with Crippen LogP contribution in [0.1, 0.15) is 16.8 Å². The van der Waals surface area contributed by atoms with Crippen LogP contribution in [0.4, 0.5) is 8.78 Å². The van der Waals surface area contributed by atoms with Gasteiger partial charge in [0, 0.05) is 36.2 Å². The standard InChI is InChI=1S/C20H18F2N2OS/c1-13-3-5-14(6-4-13)20-23-17(12-26-20)10-19(25)24(2)11-15-7-8-16(21)9-18(15)22/h3-9,12H,10-11H2,1-2H3. The first kappa shape index (κ1) is 18.2. The van der Waals surface area contributed by atoms with E-state index in [0.29, 0.717) is 5.69 Å². The summed E-state index contributed by atoms with van der Waals surface area (Å²) in [7, 11) is 1.60. The molecule has 3 rings (SSSR count). The van der Waals surface area contributed by atoms with Gasteiger partial charge in [-0.2, -0.15) is 0 Å². The molecule has 1 heterocycles. The number of rotatable bonds is 5. The minimum Gasteiger partial charge on any atom is -0.341 e. The Morgan fingerprint density at radius 2 is 1.88 bits per heavy atom. The summed E-state index contributed by atoms with van der Waals surface area (Å²) in [5, 5.41) is 2.72. The highest BCUT2D eigenvalue weighted by molar-refractivity contribution is 7.13. The fraction of sp³-hybridized carbons (Fsp3) is 0.200. The lowest BCUT2D eigenvalue weighted by Crippen LogP contribution is -2.28. The van der Waals surface area contributed by atoms with Gasteiger partial charge in [-0.15, -0.1) is 11.3 Å². The van der Waals surface area contributed by atoms with Gasteiger partial charge >= 0.3 is 0 Å². The highest BCUT2D eigenvalue weighted by Gasteiger charge is 2.15. The number of carbonyl (C=O) groups excluding carboxylic acids is 1. The van der Waals surface area contributed by atoms with Gasteiger partial charge in [0.2, 0.25) is 5.91 Å². The number of benzene rings is 2. The molecule has 0 aliphatic carbocycles.